The summed E-state index contributed by atoms with van der Waals surface area (Å²) in [6.45, 7) is 3.98. The van der Waals surface area contributed by atoms with Crippen molar-refractivity contribution < 1.29 is 9.47 Å². The van der Waals surface area contributed by atoms with E-state index in [0.717, 1.165) is 53.0 Å². The number of ether oxygens (including phenoxy) is 2. The second-order valence-corrected chi connectivity index (χ2v) is 6.39. The second-order valence-electron chi connectivity index (χ2n) is 6.39. The molecule has 0 fully saturated rings. The molecule has 0 unspecified atom stereocenters. The van der Waals surface area contributed by atoms with E-state index in [1.165, 1.54) is 0 Å². The quantitative estimate of drug-likeness (QED) is 0.646. The minimum absolute atomic E-state index is 0.480. The standard InChI is InChI=1S/C22H25N3O2/c1-3-4-12-25-21-14-18(26-2)9-10-19(21)20(15-24)22(25)16-5-7-17(8-6-16)27-13-11-23/h5-10,14H,3-4,11-13,23H2,1-2H3. The van der Waals surface area contributed by atoms with E-state index < -0.39 is 0 Å². The average Bonchev–Trinajstić information content (AvgIpc) is 3.03. The van der Waals surface area contributed by atoms with Crippen molar-refractivity contribution in [1.82, 2.24) is 4.57 Å². The van der Waals surface area contributed by atoms with Gasteiger partial charge >= 0.3 is 0 Å². The van der Waals surface area contributed by atoms with Crippen LogP contribution in [0.2, 0.25) is 0 Å². The van der Waals surface area contributed by atoms with Gasteiger partial charge in [-0.05, 0) is 48.4 Å². The number of aryl methyl sites for hydroxylation is 1. The molecule has 0 radical (unpaired) electrons. The molecule has 0 aliphatic carbocycles. The molecule has 27 heavy (non-hydrogen) atoms. The minimum atomic E-state index is 0.480. The fraction of sp³-hybridized carbons (Fsp3) is 0.318. The van der Waals surface area contributed by atoms with Crippen LogP contribution in [-0.2, 0) is 6.54 Å². The van der Waals surface area contributed by atoms with Gasteiger partial charge < -0.3 is 19.8 Å². The monoisotopic (exact) mass is 363 g/mol. The SMILES string of the molecule is CCCCn1c(-c2ccc(OCCN)cc2)c(C#N)c2ccc(OC)cc21. The molecule has 0 atom stereocenters. The lowest BCUT2D eigenvalue weighted by Gasteiger charge is -2.12. The third-order valence-corrected chi connectivity index (χ3v) is 4.63. The summed E-state index contributed by atoms with van der Waals surface area (Å²) in [6, 6.07) is 16.1. The van der Waals surface area contributed by atoms with Crippen molar-refractivity contribution in [3.05, 3.63) is 48.0 Å². The van der Waals surface area contributed by atoms with E-state index in [9.17, 15) is 5.26 Å². The highest BCUT2D eigenvalue weighted by Crippen LogP contribution is 2.36. The van der Waals surface area contributed by atoms with Crippen molar-refractivity contribution in [1.29, 1.82) is 5.26 Å². The summed E-state index contributed by atoms with van der Waals surface area (Å²) in [6.07, 6.45) is 2.12. The fourth-order valence-electron chi connectivity index (χ4n) is 3.30. The zero-order valence-electron chi connectivity index (χ0n) is 15.9. The normalized spacial score (nSPS) is 10.7. The minimum Gasteiger partial charge on any atom is -0.497 e. The van der Waals surface area contributed by atoms with Gasteiger partial charge in [0.2, 0.25) is 0 Å². The molecule has 5 nitrogen and oxygen atoms in total. The van der Waals surface area contributed by atoms with E-state index in [-0.39, 0.29) is 0 Å². The summed E-state index contributed by atoms with van der Waals surface area (Å²) in [5.41, 5.74) is 9.16. The predicted octanol–water partition coefficient (Wildman–Crippen LogP) is 4.33. The van der Waals surface area contributed by atoms with E-state index in [1.54, 1.807) is 7.11 Å². The Balaban J connectivity index is 2.16. The Hall–Kier alpha value is -2.97. The van der Waals surface area contributed by atoms with Crippen LogP contribution in [-0.4, -0.2) is 24.8 Å². The molecule has 0 bridgehead atoms. The summed E-state index contributed by atoms with van der Waals surface area (Å²) in [4.78, 5) is 0. The molecule has 1 aromatic heterocycles. The van der Waals surface area contributed by atoms with Gasteiger partial charge in [0.05, 0.1) is 23.9 Å². The number of hydrogen-bond donors (Lipinski definition) is 1. The number of unbranched alkanes of at least 4 members (excludes halogenated alkanes) is 1. The number of benzene rings is 2. The molecular weight excluding hydrogens is 338 g/mol. The largest absolute Gasteiger partial charge is 0.497 e. The number of rotatable bonds is 8. The first-order valence-corrected chi connectivity index (χ1v) is 9.27. The first-order chi connectivity index (χ1) is 13.2. The fourth-order valence-corrected chi connectivity index (χ4v) is 3.30. The van der Waals surface area contributed by atoms with E-state index in [2.05, 4.69) is 17.6 Å². The third kappa shape index (κ3) is 3.76. The van der Waals surface area contributed by atoms with Gasteiger partial charge in [-0.1, -0.05) is 13.3 Å². The Kier molecular flexibility index (Phi) is 6.00. The summed E-state index contributed by atoms with van der Waals surface area (Å²) in [5.74, 6) is 1.57. The Bertz CT molecular complexity index is 952. The topological polar surface area (TPSA) is 73.2 Å². The predicted molar refractivity (Wildman–Crippen MR) is 108 cm³/mol. The van der Waals surface area contributed by atoms with Gasteiger partial charge in [0.25, 0.3) is 0 Å². The van der Waals surface area contributed by atoms with E-state index in [0.29, 0.717) is 18.7 Å². The molecule has 0 saturated carbocycles. The zero-order chi connectivity index (χ0) is 19.2. The number of nitrogens with two attached hydrogens (primary N) is 1. The molecule has 1 heterocycles. The van der Waals surface area contributed by atoms with Gasteiger partial charge in [-0.25, -0.2) is 0 Å². The Morgan fingerprint density at radius 3 is 2.48 bits per heavy atom. The van der Waals surface area contributed by atoms with Gasteiger partial charge in [-0.3, -0.25) is 0 Å². The van der Waals surface area contributed by atoms with Crippen molar-refractivity contribution in [2.45, 2.75) is 26.3 Å². The highest BCUT2D eigenvalue weighted by molar-refractivity contribution is 5.95. The van der Waals surface area contributed by atoms with Crippen LogP contribution in [0.3, 0.4) is 0 Å². The second kappa shape index (κ2) is 8.61. The summed E-state index contributed by atoms with van der Waals surface area (Å²) < 4.78 is 13.2. The molecule has 0 aliphatic rings. The lowest BCUT2D eigenvalue weighted by atomic mass is 10.1. The third-order valence-electron chi connectivity index (χ3n) is 4.63. The van der Waals surface area contributed by atoms with Crippen molar-refractivity contribution in [2.75, 3.05) is 20.3 Å². The molecule has 2 N–H and O–H groups in total. The Labute approximate surface area is 159 Å². The lowest BCUT2D eigenvalue weighted by molar-refractivity contribution is 0.328. The van der Waals surface area contributed by atoms with Gasteiger partial charge in [0.15, 0.2) is 0 Å². The van der Waals surface area contributed by atoms with Gasteiger partial charge in [0.1, 0.15) is 24.2 Å². The molecule has 3 aromatic rings. The lowest BCUT2D eigenvalue weighted by Crippen LogP contribution is -2.10. The summed E-state index contributed by atoms with van der Waals surface area (Å²) in [7, 11) is 1.66. The maximum atomic E-state index is 9.88. The Morgan fingerprint density at radius 2 is 1.85 bits per heavy atom. The number of aromatic nitrogens is 1. The highest BCUT2D eigenvalue weighted by Gasteiger charge is 2.19. The van der Waals surface area contributed by atoms with Crippen LogP contribution in [0, 0.1) is 11.3 Å². The number of nitrogens with zero attached hydrogens (tertiary/aromatic N) is 2. The van der Waals surface area contributed by atoms with Crippen LogP contribution in [0.15, 0.2) is 42.5 Å². The van der Waals surface area contributed by atoms with Crippen molar-refractivity contribution >= 4 is 10.9 Å². The molecule has 0 spiro atoms. The van der Waals surface area contributed by atoms with Gasteiger partial charge in [-0.2, -0.15) is 5.26 Å². The van der Waals surface area contributed by atoms with Crippen LogP contribution in [0.1, 0.15) is 25.3 Å². The van der Waals surface area contributed by atoms with Crippen LogP contribution < -0.4 is 15.2 Å². The molecule has 3 rings (SSSR count). The molecular formula is C22H25N3O2. The van der Waals surface area contributed by atoms with Crippen LogP contribution >= 0.6 is 0 Å². The van der Waals surface area contributed by atoms with Crippen LogP contribution in [0.25, 0.3) is 22.2 Å². The number of hydrogen-bond acceptors (Lipinski definition) is 4. The summed E-state index contributed by atoms with van der Waals surface area (Å²) >= 11 is 0. The maximum absolute atomic E-state index is 9.88. The molecule has 0 amide bonds. The number of nitriles is 1. The van der Waals surface area contributed by atoms with E-state index in [4.69, 9.17) is 15.2 Å². The van der Waals surface area contributed by atoms with Crippen LogP contribution in [0.5, 0.6) is 11.5 Å². The molecule has 2 aromatic carbocycles. The maximum Gasteiger partial charge on any atom is 0.120 e. The van der Waals surface area contributed by atoms with Crippen molar-refractivity contribution in [3.8, 4) is 28.8 Å². The molecule has 5 heteroatoms. The first-order valence-electron chi connectivity index (χ1n) is 9.27. The van der Waals surface area contributed by atoms with E-state index in [1.807, 2.05) is 42.5 Å². The average molecular weight is 363 g/mol. The van der Waals surface area contributed by atoms with Gasteiger partial charge in [-0.15, -0.1) is 0 Å². The van der Waals surface area contributed by atoms with Crippen molar-refractivity contribution in [2.24, 2.45) is 5.73 Å². The number of fused-ring (bicyclic) bond motifs is 1. The first kappa shape index (κ1) is 18.8. The molecule has 0 aliphatic heterocycles. The number of methoxy groups -OCH3 is 1. The van der Waals surface area contributed by atoms with E-state index >= 15 is 0 Å². The summed E-state index contributed by atoms with van der Waals surface area (Å²) in [5, 5.41) is 10.8. The molecule has 0 saturated heterocycles. The van der Waals surface area contributed by atoms with Crippen LogP contribution in [0.4, 0.5) is 0 Å². The van der Waals surface area contributed by atoms with Gasteiger partial charge in [0, 0.05) is 24.5 Å². The van der Waals surface area contributed by atoms with Crippen molar-refractivity contribution in [3.63, 3.8) is 0 Å². The smallest absolute Gasteiger partial charge is 0.120 e. The zero-order valence-corrected chi connectivity index (χ0v) is 15.9. The molecule has 140 valence electrons. The highest BCUT2D eigenvalue weighted by atomic mass is 16.5. The Morgan fingerprint density at radius 1 is 1.11 bits per heavy atom.